The minimum absolute atomic E-state index is 0.0954. The first kappa shape index (κ1) is 24.0. The Morgan fingerprint density at radius 1 is 1.03 bits per heavy atom. The van der Waals surface area contributed by atoms with Crippen molar-refractivity contribution in [3.63, 3.8) is 0 Å². The second-order valence-electron chi connectivity index (χ2n) is 7.70. The summed E-state index contributed by atoms with van der Waals surface area (Å²) in [6.45, 7) is 2.18. The van der Waals surface area contributed by atoms with Crippen LogP contribution in [0.5, 0.6) is 5.75 Å². The van der Waals surface area contributed by atoms with Gasteiger partial charge in [-0.05, 0) is 43.3 Å². The Kier molecular flexibility index (Phi) is 7.81. The number of methoxy groups -OCH3 is 1. The van der Waals surface area contributed by atoms with Gasteiger partial charge in [0.1, 0.15) is 5.75 Å². The van der Waals surface area contributed by atoms with Crippen LogP contribution in [0.25, 0.3) is 17.1 Å². The molecule has 1 aromatic heterocycles. The Morgan fingerprint density at radius 3 is 2.31 bits per heavy atom. The van der Waals surface area contributed by atoms with Crippen molar-refractivity contribution in [1.29, 1.82) is 5.26 Å². The molecule has 0 N–H and O–H groups in total. The number of nitriles is 1. The molecular weight excluding hydrogens is 458 g/mol. The number of aromatic nitrogens is 3. The normalized spacial score (nSPS) is 11.5. The Bertz CT molecular complexity index is 1300. The number of thioether (sulfide) groups is 1. The molecule has 1 atom stereocenters. The van der Waals surface area contributed by atoms with Crippen LogP contribution in [-0.2, 0) is 4.79 Å². The van der Waals surface area contributed by atoms with Crippen LogP contribution in [0.1, 0.15) is 13.3 Å². The summed E-state index contributed by atoms with van der Waals surface area (Å²) in [5, 5.41) is 18.2. The van der Waals surface area contributed by atoms with Crippen LogP contribution in [0.3, 0.4) is 0 Å². The van der Waals surface area contributed by atoms with Crippen molar-refractivity contribution in [2.45, 2.75) is 23.8 Å². The van der Waals surface area contributed by atoms with Crippen LogP contribution < -0.4 is 9.64 Å². The van der Waals surface area contributed by atoms with Crippen molar-refractivity contribution in [2.24, 2.45) is 0 Å². The van der Waals surface area contributed by atoms with Gasteiger partial charge in [-0.3, -0.25) is 9.36 Å². The van der Waals surface area contributed by atoms with E-state index >= 15 is 0 Å². The molecule has 0 saturated heterocycles. The number of hydrogen-bond donors (Lipinski definition) is 0. The van der Waals surface area contributed by atoms with Gasteiger partial charge in [-0.25, -0.2) is 0 Å². The first-order valence-corrected chi connectivity index (χ1v) is 12.1. The number of rotatable bonds is 9. The molecule has 0 radical (unpaired) electrons. The largest absolute Gasteiger partial charge is 0.497 e. The van der Waals surface area contributed by atoms with Gasteiger partial charge < -0.3 is 9.64 Å². The van der Waals surface area contributed by atoms with Gasteiger partial charge in [-0.1, -0.05) is 60.3 Å². The molecule has 0 aliphatic carbocycles. The summed E-state index contributed by atoms with van der Waals surface area (Å²) in [5.74, 6) is 1.33. The zero-order valence-corrected chi connectivity index (χ0v) is 20.4. The maximum atomic E-state index is 13.5. The monoisotopic (exact) mass is 483 g/mol. The smallest absolute Gasteiger partial charge is 0.240 e. The second kappa shape index (κ2) is 11.4. The highest BCUT2D eigenvalue weighted by atomic mass is 32.2. The summed E-state index contributed by atoms with van der Waals surface area (Å²) < 4.78 is 7.26. The minimum atomic E-state index is -0.460. The summed E-state index contributed by atoms with van der Waals surface area (Å²) in [4.78, 5) is 15.1. The molecular formula is C27H25N5O2S. The predicted octanol–water partition coefficient (Wildman–Crippen LogP) is 5.37. The third-order valence-corrected chi connectivity index (χ3v) is 6.44. The van der Waals surface area contributed by atoms with Crippen molar-refractivity contribution in [3.8, 4) is 28.9 Å². The maximum absolute atomic E-state index is 13.5. The van der Waals surface area contributed by atoms with Gasteiger partial charge in [-0.15, -0.1) is 10.2 Å². The SMILES string of the molecule is COc1ccc(-n2c(SC(C)C(=O)N(CCC#N)c3ccccc3)nnc2-c2ccccc2)cc1. The molecule has 1 unspecified atom stereocenters. The lowest BCUT2D eigenvalue weighted by molar-refractivity contribution is -0.117. The fourth-order valence-corrected chi connectivity index (χ4v) is 4.58. The Hall–Kier alpha value is -4.09. The number of carbonyl (C=O) groups is 1. The number of anilines is 1. The summed E-state index contributed by atoms with van der Waals surface area (Å²) in [7, 11) is 1.63. The number of carbonyl (C=O) groups excluding carboxylic acids is 1. The van der Waals surface area contributed by atoms with E-state index in [2.05, 4.69) is 16.3 Å². The zero-order chi connectivity index (χ0) is 24.6. The van der Waals surface area contributed by atoms with Gasteiger partial charge >= 0.3 is 0 Å². The standard InChI is InChI=1S/C27H25N5O2S/c1-20(26(33)31(19-9-18-28)22-12-7-4-8-13-22)35-27-30-29-25(21-10-5-3-6-11-21)32(27)23-14-16-24(34-2)17-15-23/h3-8,10-17,20H,9,19H2,1-2H3. The molecule has 7 nitrogen and oxygen atoms in total. The maximum Gasteiger partial charge on any atom is 0.240 e. The molecule has 4 rings (SSSR count). The van der Waals surface area contributed by atoms with E-state index in [1.807, 2.05) is 96.4 Å². The Labute approximate surface area is 209 Å². The fourth-order valence-electron chi connectivity index (χ4n) is 3.65. The van der Waals surface area contributed by atoms with E-state index < -0.39 is 5.25 Å². The van der Waals surface area contributed by atoms with Crippen molar-refractivity contribution in [1.82, 2.24) is 14.8 Å². The number of para-hydroxylation sites is 1. The van der Waals surface area contributed by atoms with E-state index in [0.717, 1.165) is 22.7 Å². The third kappa shape index (κ3) is 5.53. The number of benzene rings is 3. The Morgan fingerprint density at radius 2 is 1.69 bits per heavy atom. The lowest BCUT2D eigenvalue weighted by atomic mass is 10.2. The van der Waals surface area contributed by atoms with Crippen molar-refractivity contribution < 1.29 is 9.53 Å². The van der Waals surface area contributed by atoms with E-state index in [1.54, 1.807) is 12.0 Å². The lowest BCUT2D eigenvalue weighted by Crippen LogP contribution is -2.37. The first-order chi connectivity index (χ1) is 17.1. The van der Waals surface area contributed by atoms with Gasteiger partial charge in [0.25, 0.3) is 0 Å². The van der Waals surface area contributed by atoms with Crippen molar-refractivity contribution in [3.05, 3.63) is 84.9 Å². The van der Waals surface area contributed by atoms with Crippen molar-refractivity contribution >= 4 is 23.4 Å². The van der Waals surface area contributed by atoms with Gasteiger partial charge in [0.05, 0.1) is 24.8 Å². The highest BCUT2D eigenvalue weighted by Gasteiger charge is 2.26. The number of nitrogens with zero attached hydrogens (tertiary/aromatic N) is 5. The van der Waals surface area contributed by atoms with Gasteiger partial charge in [0.2, 0.25) is 5.91 Å². The van der Waals surface area contributed by atoms with Crippen LogP contribution in [0, 0.1) is 11.3 Å². The molecule has 0 aliphatic rings. The van der Waals surface area contributed by atoms with E-state index in [0.29, 0.717) is 17.5 Å². The number of hydrogen-bond acceptors (Lipinski definition) is 6. The highest BCUT2D eigenvalue weighted by molar-refractivity contribution is 8.00. The molecule has 0 spiro atoms. The molecule has 3 aromatic carbocycles. The zero-order valence-electron chi connectivity index (χ0n) is 19.5. The average molecular weight is 484 g/mol. The van der Waals surface area contributed by atoms with E-state index in [-0.39, 0.29) is 12.3 Å². The molecule has 35 heavy (non-hydrogen) atoms. The summed E-state index contributed by atoms with van der Waals surface area (Å²) in [6.07, 6.45) is 0.248. The van der Waals surface area contributed by atoms with Crippen LogP contribution in [-0.4, -0.2) is 39.6 Å². The lowest BCUT2D eigenvalue weighted by Gasteiger charge is -2.25. The molecule has 0 fully saturated rings. The molecule has 1 heterocycles. The number of amides is 1. The molecule has 8 heteroatoms. The third-order valence-electron chi connectivity index (χ3n) is 5.41. The van der Waals surface area contributed by atoms with Crippen LogP contribution >= 0.6 is 11.8 Å². The van der Waals surface area contributed by atoms with E-state index in [9.17, 15) is 4.79 Å². The van der Waals surface area contributed by atoms with Crippen LogP contribution in [0.4, 0.5) is 5.69 Å². The summed E-state index contributed by atoms with van der Waals surface area (Å²) >= 11 is 1.34. The summed E-state index contributed by atoms with van der Waals surface area (Å²) in [6, 6.07) is 29.0. The second-order valence-corrected chi connectivity index (χ2v) is 9.01. The van der Waals surface area contributed by atoms with Gasteiger partial charge in [0, 0.05) is 23.5 Å². The van der Waals surface area contributed by atoms with Crippen LogP contribution in [0.2, 0.25) is 0 Å². The van der Waals surface area contributed by atoms with Crippen molar-refractivity contribution in [2.75, 3.05) is 18.6 Å². The average Bonchev–Trinajstić information content (AvgIpc) is 3.33. The molecule has 4 aromatic rings. The first-order valence-electron chi connectivity index (χ1n) is 11.2. The quantitative estimate of drug-likeness (QED) is 0.298. The molecule has 176 valence electrons. The van der Waals surface area contributed by atoms with Gasteiger partial charge in [-0.2, -0.15) is 5.26 Å². The molecule has 0 aliphatic heterocycles. The topological polar surface area (TPSA) is 84.0 Å². The number of ether oxygens (including phenoxy) is 1. The van der Waals surface area contributed by atoms with Crippen LogP contribution in [0.15, 0.2) is 90.1 Å². The van der Waals surface area contributed by atoms with E-state index in [1.165, 1.54) is 11.8 Å². The van der Waals surface area contributed by atoms with Gasteiger partial charge in [0.15, 0.2) is 11.0 Å². The summed E-state index contributed by atoms with van der Waals surface area (Å²) in [5.41, 5.74) is 2.55. The molecule has 1 amide bonds. The molecule has 0 bridgehead atoms. The Balaban J connectivity index is 1.68. The predicted molar refractivity (Wildman–Crippen MR) is 138 cm³/mol. The minimum Gasteiger partial charge on any atom is -0.497 e. The molecule has 0 saturated carbocycles. The van der Waals surface area contributed by atoms with E-state index in [4.69, 9.17) is 10.00 Å². The fraction of sp³-hybridized carbons (Fsp3) is 0.185. The highest BCUT2D eigenvalue weighted by Crippen LogP contribution is 2.32.